The van der Waals surface area contributed by atoms with Crippen molar-refractivity contribution < 1.29 is 4.74 Å². The van der Waals surface area contributed by atoms with Crippen LogP contribution in [0.4, 0.5) is 5.69 Å². The third kappa shape index (κ3) is 3.87. The molecule has 0 saturated heterocycles. The summed E-state index contributed by atoms with van der Waals surface area (Å²) in [6.07, 6.45) is 0. The largest absolute Gasteiger partial charge is 0.457 e. The van der Waals surface area contributed by atoms with Gasteiger partial charge in [0.05, 0.1) is 0 Å². The molecule has 0 radical (unpaired) electrons. The van der Waals surface area contributed by atoms with Gasteiger partial charge in [-0.25, -0.2) is 0 Å². The molecule has 3 aromatic carbocycles. The van der Waals surface area contributed by atoms with Crippen LogP contribution in [0, 0.1) is 0 Å². The Bertz CT molecular complexity index is 936. The highest BCUT2D eigenvalue weighted by atomic mass is 16.5. The number of ether oxygens (including phenoxy) is 1. The van der Waals surface area contributed by atoms with Crippen molar-refractivity contribution in [2.45, 2.75) is 6.54 Å². The van der Waals surface area contributed by atoms with Crippen molar-refractivity contribution in [2.24, 2.45) is 0 Å². The van der Waals surface area contributed by atoms with Crippen LogP contribution in [0.3, 0.4) is 0 Å². The number of aromatic nitrogens is 4. The van der Waals surface area contributed by atoms with Crippen LogP contribution in [-0.2, 0) is 6.54 Å². The maximum absolute atomic E-state index is 5.80. The molecular formula is C20H17N5O. The van der Waals surface area contributed by atoms with Gasteiger partial charge in [0.25, 0.3) is 0 Å². The quantitative estimate of drug-likeness (QED) is 0.547. The number of hydrogen-bond acceptors (Lipinski definition) is 5. The lowest BCUT2D eigenvalue weighted by atomic mass is 10.2. The molecule has 128 valence electrons. The first-order chi connectivity index (χ1) is 12.9. The second kappa shape index (κ2) is 7.48. The third-order valence-corrected chi connectivity index (χ3v) is 3.89. The average molecular weight is 343 g/mol. The highest BCUT2D eigenvalue weighted by Crippen LogP contribution is 2.22. The number of nitrogens with zero attached hydrogens (tertiary/aromatic N) is 3. The van der Waals surface area contributed by atoms with Crippen LogP contribution in [0.2, 0.25) is 0 Å². The zero-order valence-electron chi connectivity index (χ0n) is 14.0. The summed E-state index contributed by atoms with van der Waals surface area (Å²) in [5.41, 5.74) is 3.13. The molecule has 2 N–H and O–H groups in total. The Balaban J connectivity index is 1.34. The lowest BCUT2D eigenvalue weighted by Crippen LogP contribution is -1.99. The van der Waals surface area contributed by atoms with Crippen LogP contribution in [0.5, 0.6) is 11.5 Å². The maximum Gasteiger partial charge on any atom is 0.204 e. The number of nitrogens with one attached hydrogen (secondary N) is 2. The van der Waals surface area contributed by atoms with Gasteiger partial charge in [-0.1, -0.05) is 30.3 Å². The molecule has 4 aromatic rings. The van der Waals surface area contributed by atoms with Gasteiger partial charge in [0.1, 0.15) is 11.5 Å². The van der Waals surface area contributed by atoms with Gasteiger partial charge in [-0.3, -0.25) is 0 Å². The van der Waals surface area contributed by atoms with E-state index >= 15 is 0 Å². The van der Waals surface area contributed by atoms with Gasteiger partial charge in [-0.05, 0) is 59.3 Å². The van der Waals surface area contributed by atoms with Crippen molar-refractivity contribution in [1.82, 2.24) is 20.6 Å². The molecule has 0 saturated carbocycles. The minimum Gasteiger partial charge on any atom is -0.457 e. The van der Waals surface area contributed by atoms with E-state index < -0.39 is 0 Å². The first-order valence-corrected chi connectivity index (χ1v) is 8.26. The SMILES string of the molecule is c1ccc(Oc2ccc(CNc3ccc(-c4nn[nH]n4)cc3)cc2)cc1. The fourth-order valence-electron chi connectivity index (χ4n) is 2.53. The van der Waals surface area contributed by atoms with E-state index in [1.807, 2.05) is 66.7 Å². The summed E-state index contributed by atoms with van der Waals surface area (Å²) in [5.74, 6) is 2.25. The van der Waals surface area contributed by atoms with Gasteiger partial charge < -0.3 is 10.1 Å². The topological polar surface area (TPSA) is 75.7 Å². The summed E-state index contributed by atoms with van der Waals surface area (Å²) in [4.78, 5) is 0. The Morgan fingerprint density at radius 1 is 0.808 bits per heavy atom. The smallest absolute Gasteiger partial charge is 0.204 e. The molecule has 0 bridgehead atoms. The van der Waals surface area contributed by atoms with Gasteiger partial charge in [0.2, 0.25) is 5.82 Å². The number of anilines is 1. The van der Waals surface area contributed by atoms with Gasteiger partial charge >= 0.3 is 0 Å². The predicted octanol–water partition coefficient (Wildman–Crippen LogP) is 4.27. The van der Waals surface area contributed by atoms with Crippen LogP contribution in [0.25, 0.3) is 11.4 Å². The predicted molar refractivity (Wildman–Crippen MR) is 99.9 cm³/mol. The maximum atomic E-state index is 5.80. The summed E-state index contributed by atoms with van der Waals surface area (Å²) < 4.78 is 5.80. The number of H-pyrrole nitrogens is 1. The molecule has 26 heavy (non-hydrogen) atoms. The molecule has 0 fully saturated rings. The second-order valence-electron chi connectivity index (χ2n) is 5.73. The number of tetrazole rings is 1. The Hall–Kier alpha value is -3.67. The van der Waals surface area contributed by atoms with Crippen molar-refractivity contribution in [3.05, 3.63) is 84.4 Å². The first-order valence-electron chi connectivity index (χ1n) is 8.26. The van der Waals surface area contributed by atoms with Crippen LogP contribution in [-0.4, -0.2) is 20.6 Å². The lowest BCUT2D eigenvalue weighted by Gasteiger charge is -2.09. The van der Waals surface area contributed by atoms with E-state index in [-0.39, 0.29) is 0 Å². The van der Waals surface area contributed by atoms with Gasteiger partial charge in [-0.2, -0.15) is 5.21 Å². The summed E-state index contributed by atoms with van der Waals surface area (Å²) >= 11 is 0. The molecule has 6 nitrogen and oxygen atoms in total. The Kier molecular flexibility index (Phi) is 4.56. The van der Waals surface area contributed by atoms with Crippen LogP contribution >= 0.6 is 0 Å². The third-order valence-electron chi connectivity index (χ3n) is 3.89. The fourth-order valence-corrected chi connectivity index (χ4v) is 2.53. The Morgan fingerprint density at radius 3 is 2.23 bits per heavy atom. The number of hydrogen-bond donors (Lipinski definition) is 2. The molecule has 0 atom stereocenters. The van der Waals surface area contributed by atoms with Crippen molar-refractivity contribution in [1.29, 1.82) is 0 Å². The van der Waals surface area contributed by atoms with E-state index in [0.29, 0.717) is 5.82 Å². The molecule has 4 rings (SSSR count). The molecule has 0 aliphatic heterocycles. The van der Waals surface area contributed by atoms with E-state index in [4.69, 9.17) is 4.74 Å². The van der Waals surface area contributed by atoms with Gasteiger partial charge in [0.15, 0.2) is 0 Å². The van der Waals surface area contributed by atoms with Crippen LogP contribution in [0.15, 0.2) is 78.9 Å². The van der Waals surface area contributed by atoms with Crippen molar-refractivity contribution in [3.8, 4) is 22.9 Å². The van der Waals surface area contributed by atoms with Crippen LogP contribution < -0.4 is 10.1 Å². The zero-order valence-corrected chi connectivity index (χ0v) is 14.0. The zero-order chi connectivity index (χ0) is 17.6. The summed E-state index contributed by atoms with van der Waals surface area (Å²) in [7, 11) is 0. The standard InChI is InChI=1S/C20H17N5O/c1-2-4-18(5-3-1)26-19-12-6-15(7-13-19)14-21-17-10-8-16(9-11-17)20-22-24-25-23-20/h1-13,21H,14H2,(H,22,23,24,25). The molecule has 0 aliphatic carbocycles. The van der Waals surface area contributed by atoms with Crippen LogP contribution in [0.1, 0.15) is 5.56 Å². The summed E-state index contributed by atoms with van der Waals surface area (Å²) in [6.45, 7) is 0.729. The van der Waals surface area contributed by atoms with E-state index in [2.05, 4.69) is 38.1 Å². The van der Waals surface area contributed by atoms with E-state index in [1.165, 1.54) is 5.56 Å². The van der Waals surface area contributed by atoms with E-state index in [9.17, 15) is 0 Å². The van der Waals surface area contributed by atoms with Crippen molar-refractivity contribution in [2.75, 3.05) is 5.32 Å². The second-order valence-corrected chi connectivity index (χ2v) is 5.73. The molecule has 0 unspecified atom stereocenters. The molecule has 0 amide bonds. The highest BCUT2D eigenvalue weighted by Gasteiger charge is 2.02. The van der Waals surface area contributed by atoms with Crippen molar-refractivity contribution in [3.63, 3.8) is 0 Å². The van der Waals surface area contributed by atoms with Gasteiger partial charge in [0, 0.05) is 17.8 Å². The average Bonchev–Trinajstić information content (AvgIpc) is 3.24. The molecule has 6 heteroatoms. The molecule has 1 aromatic heterocycles. The number of aromatic amines is 1. The van der Waals surface area contributed by atoms with E-state index in [1.54, 1.807) is 0 Å². The Labute approximate surface area is 150 Å². The first kappa shape index (κ1) is 15.8. The number of para-hydroxylation sites is 1. The normalized spacial score (nSPS) is 10.5. The highest BCUT2D eigenvalue weighted by molar-refractivity contribution is 5.59. The fraction of sp³-hybridized carbons (Fsp3) is 0.0500. The van der Waals surface area contributed by atoms with Gasteiger partial charge in [-0.15, -0.1) is 10.2 Å². The van der Waals surface area contributed by atoms with E-state index in [0.717, 1.165) is 29.3 Å². The summed E-state index contributed by atoms with van der Waals surface area (Å²) in [5, 5.41) is 17.4. The molecule has 0 spiro atoms. The summed E-state index contributed by atoms with van der Waals surface area (Å²) in [6, 6.07) is 25.7. The molecular weight excluding hydrogens is 326 g/mol. The Morgan fingerprint density at radius 2 is 1.54 bits per heavy atom. The molecule has 0 aliphatic rings. The number of benzene rings is 3. The lowest BCUT2D eigenvalue weighted by molar-refractivity contribution is 0.482. The minimum absolute atomic E-state index is 0.588. The van der Waals surface area contributed by atoms with Crippen molar-refractivity contribution >= 4 is 5.69 Å². The number of rotatable bonds is 6. The minimum atomic E-state index is 0.588. The molecule has 1 heterocycles. The monoisotopic (exact) mass is 343 g/mol.